The summed E-state index contributed by atoms with van der Waals surface area (Å²) in [6.45, 7) is 0. The molecule has 0 saturated heterocycles. The minimum atomic E-state index is -0.854. The molecule has 21 heavy (non-hydrogen) atoms. The van der Waals surface area contributed by atoms with Crippen molar-refractivity contribution in [3.05, 3.63) is 48.2 Å². The van der Waals surface area contributed by atoms with Crippen LogP contribution in [0.2, 0.25) is 0 Å². The van der Waals surface area contributed by atoms with E-state index in [-0.39, 0.29) is 11.9 Å². The van der Waals surface area contributed by atoms with Gasteiger partial charge < -0.3 is 15.0 Å². The van der Waals surface area contributed by atoms with E-state index in [0.29, 0.717) is 12.0 Å². The fourth-order valence-electron chi connectivity index (χ4n) is 2.76. The number of carboxylic acids is 1. The van der Waals surface area contributed by atoms with Gasteiger partial charge in [-0.2, -0.15) is 0 Å². The number of nitrogens with one attached hydrogen (secondary N) is 1. The average molecular weight is 284 g/mol. The number of amides is 1. The molecule has 1 aromatic carbocycles. The van der Waals surface area contributed by atoms with E-state index in [1.807, 2.05) is 35.9 Å². The van der Waals surface area contributed by atoms with Crippen LogP contribution in [0, 0.1) is 5.92 Å². The maximum absolute atomic E-state index is 12.4. The van der Waals surface area contributed by atoms with E-state index in [1.165, 1.54) is 0 Å². The molecule has 1 aliphatic rings. The highest BCUT2D eigenvalue weighted by Gasteiger charge is 2.26. The first-order valence-corrected chi connectivity index (χ1v) is 6.82. The molecule has 2 unspecified atom stereocenters. The number of carbonyl (C=O) groups is 2. The van der Waals surface area contributed by atoms with Crippen LogP contribution in [0.3, 0.4) is 0 Å². The highest BCUT2D eigenvalue weighted by Crippen LogP contribution is 2.22. The Morgan fingerprint density at radius 3 is 2.76 bits per heavy atom. The first kappa shape index (κ1) is 13.4. The number of rotatable bonds is 3. The van der Waals surface area contributed by atoms with Crippen molar-refractivity contribution in [2.45, 2.75) is 12.5 Å². The van der Waals surface area contributed by atoms with E-state index in [0.717, 1.165) is 10.9 Å². The fraction of sp³-hybridized carbons (Fsp3) is 0.250. The number of aliphatic carboxylic acids is 1. The van der Waals surface area contributed by atoms with Crippen LogP contribution in [-0.2, 0) is 11.8 Å². The Morgan fingerprint density at radius 2 is 2.05 bits per heavy atom. The maximum atomic E-state index is 12.4. The summed E-state index contributed by atoms with van der Waals surface area (Å²) in [5.74, 6) is -1.54. The Morgan fingerprint density at radius 1 is 1.29 bits per heavy atom. The van der Waals surface area contributed by atoms with Crippen molar-refractivity contribution in [2.24, 2.45) is 13.0 Å². The highest BCUT2D eigenvalue weighted by atomic mass is 16.4. The summed E-state index contributed by atoms with van der Waals surface area (Å²) in [5, 5.41) is 12.7. The van der Waals surface area contributed by atoms with Crippen LogP contribution >= 0.6 is 0 Å². The quantitative estimate of drug-likeness (QED) is 0.846. The van der Waals surface area contributed by atoms with Gasteiger partial charge in [0.15, 0.2) is 0 Å². The number of para-hydroxylation sites is 1. The van der Waals surface area contributed by atoms with Crippen molar-refractivity contribution >= 4 is 22.8 Å². The molecule has 5 heteroatoms. The Bertz CT molecular complexity index is 745. The second-order valence-corrected chi connectivity index (χ2v) is 5.32. The van der Waals surface area contributed by atoms with E-state index in [9.17, 15) is 9.59 Å². The largest absolute Gasteiger partial charge is 0.481 e. The van der Waals surface area contributed by atoms with E-state index in [2.05, 4.69) is 5.32 Å². The zero-order valence-electron chi connectivity index (χ0n) is 11.6. The molecule has 5 nitrogen and oxygen atoms in total. The summed E-state index contributed by atoms with van der Waals surface area (Å²) < 4.78 is 1.91. The van der Waals surface area contributed by atoms with E-state index in [4.69, 9.17) is 5.11 Å². The molecule has 0 saturated carbocycles. The van der Waals surface area contributed by atoms with Crippen molar-refractivity contribution in [3.63, 3.8) is 0 Å². The van der Waals surface area contributed by atoms with E-state index in [1.54, 1.807) is 18.3 Å². The monoisotopic (exact) mass is 284 g/mol. The van der Waals surface area contributed by atoms with Gasteiger partial charge >= 0.3 is 5.97 Å². The van der Waals surface area contributed by atoms with Crippen LogP contribution in [0.25, 0.3) is 10.9 Å². The van der Waals surface area contributed by atoms with Gasteiger partial charge in [0.05, 0.1) is 11.5 Å². The number of aryl methyl sites for hydroxylation is 1. The molecule has 1 aliphatic carbocycles. The summed E-state index contributed by atoms with van der Waals surface area (Å²) in [6, 6.07) is 7.48. The molecule has 3 rings (SSSR count). The minimum absolute atomic E-state index is 0.174. The molecule has 108 valence electrons. The van der Waals surface area contributed by atoms with E-state index >= 15 is 0 Å². The molecule has 0 radical (unpaired) electrons. The average Bonchev–Trinajstić information content (AvgIpc) is 3.05. The van der Waals surface area contributed by atoms with Crippen molar-refractivity contribution in [3.8, 4) is 0 Å². The van der Waals surface area contributed by atoms with Crippen LogP contribution in [0.1, 0.15) is 16.8 Å². The predicted octanol–water partition coefficient (Wildman–Crippen LogP) is 1.94. The molecule has 1 heterocycles. The number of hydrogen-bond acceptors (Lipinski definition) is 2. The molecule has 0 bridgehead atoms. The Labute approximate surface area is 121 Å². The molecule has 2 aromatic rings. The zero-order chi connectivity index (χ0) is 15.0. The lowest BCUT2D eigenvalue weighted by Crippen LogP contribution is -2.33. The van der Waals surface area contributed by atoms with Crippen LogP contribution < -0.4 is 5.32 Å². The molecule has 2 N–H and O–H groups in total. The number of hydrogen-bond donors (Lipinski definition) is 2. The maximum Gasteiger partial charge on any atom is 0.310 e. The lowest BCUT2D eigenvalue weighted by molar-refractivity contribution is -0.140. The van der Waals surface area contributed by atoms with Crippen LogP contribution in [0.5, 0.6) is 0 Å². The lowest BCUT2D eigenvalue weighted by atomic mass is 10.1. The van der Waals surface area contributed by atoms with Crippen molar-refractivity contribution in [2.75, 3.05) is 0 Å². The van der Waals surface area contributed by atoms with Gasteiger partial charge in [0.25, 0.3) is 5.91 Å². The van der Waals surface area contributed by atoms with Gasteiger partial charge in [-0.3, -0.25) is 9.59 Å². The van der Waals surface area contributed by atoms with Gasteiger partial charge in [0.1, 0.15) is 0 Å². The predicted molar refractivity (Wildman–Crippen MR) is 79.1 cm³/mol. The molecule has 0 fully saturated rings. The van der Waals surface area contributed by atoms with Crippen LogP contribution in [0.15, 0.2) is 42.6 Å². The summed E-state index contributed by atoms with van der Waals surface area (Å²) in [4.78, 5) is 23.3. The van der Waals surface area contributed by atoms with E-state index < -0.39 is 11.9 Å². The molecule has 0 aliphatic heterocycles. The van der Waals surface area contributed by atoms with Gasteiger partial charge in [-0.25, -0.2) is 0 Å². The minimum Gasteiger partial charge on any atom is -0.481 e. The number of aromatic nitrogens is 1. The Kier molecular flexibility index (Phi) is 3.25. The Hall–Kier alpha value is -2.56. The summed E-state index contributed by atoms with van der Waals surface area (Å²) in [5.41, 5.74) is 1.60. The first-order chi connectivity index (χ1) is 10.1. The van der Waals surface area contributed by atoms with Gasteiger partial charge in [-0.15, -0.1) is 0 Å². The number of nitrogens with zero attached hydrogens (tertiary/aromatic N) is 1. The summed E-state index contributed by atoms with van der Waals surface area (Å²) in [7, 11) is 1.90. The zero-order valence-corrected chi connectivity index (χ0v) is 11.6. The topological polar surface area (TPSA) is 71.3 Å². The molecular weight excluding hydrogens is 268 g/mol. The molecule has 2 atom stereocenters. The molecule has 1 amide bonds. The lowest BCUT2D eigenvalue weighted by Gasteiger charge is -2.11. The third kappa shape index (κ3) is 2.42. The second-order valence-electron chi connectivity index (χ2n) is 5.32. The fourth-order valence-corrected chi connectivity index (χ4v) is 2.76. The van der Waals surface area contributed by atoms with Crippen molar-refractivity contribution in [1.29, 1.82) is 0 Å². The van der Waals surface area contributed by atoms with Gasteiger partial charge in [-0.05, 0) is 12.5 Å². The van der Waals surface area contributed by atoms with Crippen LogP contribution in [0.4, 0.5) is 0 Å². The van der Waals surface area contributed by atoms with Crippen molar-refractivity contribution in [1.82, 2.24) is 9.88 Å². The number of fused-ring (bicyclic) bond motifs is 1. The SMILES string of the molecule is Cn1cc(C(=O)NC2C=CC(C(=O)O)C2)c2ccccc21. The summed E-state index contributed by atoms with van der Waals surface area (Å²) >= 11 is 0. The van der Waals surface area contributed by atoms with Gasteiger partial charge in [0, 0.05) is 30.2 Å². The Balaban J connectivity index is 1.80. The van der Waals surface area contributed by atoms with Gasteiger partial charge in [0.2, 0.25) is 0 Å². The smallest absolute Gasteiger partial charge is 0.310 e. The highest BCUT2D eigenvalue weighted by molar-refractivity contribution is 6.07. The molecule has 1 aromatic heterocycles. The number of carboxylic acid groups (broad SMARTS) is 1. The third-order valence-electron chi connectivity index (χ3n) is 3.86. The normalized spacial score (nSPS) is 20.8. The third-order valence-corrected chi connectivity index (χ3v) is 3.86. The first-order valence-electron chi connectivity index (χ1n) is 6.82. The van der Waals surface area contributed by atoms with Crippen LogP contribution in [-0.4, -0.2) is 27.6 Å². The molecule has 0 spiro atoms. The summed E-state index contributed by atoms with van der Waals surface area (Å²) in [6.07, 6.45) is 5.59. The molecular formula is C16H16N2O3. The second kappa shape index (κ2) is 5.09. The number of carbonyl (C=O) groups excluding carboxylic acids is 1. The van der Waals surface area contributed by atoms with Crippen molar-refractivity contribution < 1.29 is 14.7 Å². The number of benzene rings is 1. The standard InChI is InChI=1S/C16H16N2O3/c1-18-9-13(12-4-2-3-5-14(12)18)15(19)17-11-7-6-10(8-11)16(20)21/h2-7,9-11H,8H2,1H3,(H,17,19)(H,20,21). The van der Waals surface area contributed by atoms with Gasteiger partial charge in [-0.1, -0.05) is 30.4 Å².